The Kier molecular flexibility index (Phi) is 11.8. The Morgan fingerprint density at radius 3 is 2.68 bits per heavy atom. The zero-order chi connectivity index (χ0) is 18.7. The Labute approximate surface area is 159 Å². The van der Waals surface area contributed by atoms with Gasteiger partial charge in [0.25, 0.3) is 0 Å². The van der Waals surface area contributed by atoms with Crippen LogP contribution in [-0.2, 0) is 13.9 Å². The molecule has 2 unspecified atom stereocenters. The van der Waals surface area contributed by atoms with E-state index in [1.54, 1.807) is 0 Å². The molecule has 25 heavy (non-hydrogen) atoms. The van der Waals surface area contributed by atoms with Gasteiger partial charge in [0.15, 0.2) is 8.32 Å². The zero-order valence-corrected chi connectivity index (χ0v) is 19.6. The van der Waals surface area contributed by atoms with Crippen molar-refractivity contribution in [1.29, 1.82) is 0 Å². The van der Waals surface area contributed by atoms with Crippen LogP contribution in [0, 0.1) is 0 Å². The lowest BCUT2D eigenvalue weighted by atomic mass is 10.3. The van der Waals surface area contributed by atoms with Crippen molar-refractivity contribution in [2.75, 3.05) is 39.5 Å². The maximum atomic E-state index is 6.54. The lowest BCUT2D eigenvalue weighted by Gasteiger charge is -2.37. The van der Waals surface area contributed by atoms with Crippen LogP contribution in [0.4, 0.5) is 0 Å². The smallest absolute Gasteiger partial charge is 0.187 e. The second-order valence-corrected chi connectivity index (χ2v) is 15.2. The van der Waals surface area contributed by atoms with Crippen LogP contribution in [0.2, 0.25) is 32.2 Å². The van der Waals surface area contributed by atoms with Gasteiger partial charge in [0.05, 0.1) is 21.5 Å². The molecule has 0 aromatic carbocycles. The van der Waals surface area contributed by atoms with Crippen molar-refractivity contribution in [2.45, 2.75) is 83.6 Å². The number of hydrogen-bond acceptors (Lipinski definition) is 4. The predicted octanol–water partition coefficient (Wildman–Crippen LogP) is 4.19. The van der Waals surface area contributed by atoms with Gasteiger partial charge in [0.2, 0.25) is 0 Å². The summed E-state index contributed by atoms with van der Waals surface area (Å²) in [5.74, 6) is 0. The Bertz CT molecular complexity index is 343. The minimum Gasteiger partial charge on any atom is -0.411 e. The highest BCUT2D eigenvalue weighted by molar-refractivity contribution is 6.71. The molecule has 0 spiro atoms. The first-order chi connectivity index (χ1) is 11.9. The van der Waals surface area contributed by atoms with E-state index in [9.17, 15) is 0 Å². The maximum Gasteiger partial charge on any atom is 0.187 e. The highest BCUT2D eigenvalue weighted by Crippen LogP contribution is 2.21. The molecule has 6 heteroatoms. The predicted molar refractivity (Wildman–Crippen MR) is 111 cm³/mol. The number of hydrogen-bond donors (Lipinski definition) is 0. The minimum atomic E-state index is -1.54. The van der Waals surface area contributed by atoms with Crippen molar-refractivity contribution in [3.63, 3.8) is 0 Å². The van der Waals surface area contributed by atoms with Crippen molar-refractivity contribution in [1.82, 2.24) is 4.90 Å². The fourth-order valence-corrected chi connectivity index (χ4v) is 6.82. The topological polar surface area (TPSA) is 30.9 Å². The van der Waals surface area contributed by atoms with Gasteiger partial charge in [-0.25, -0.2) is 0 Å². The van der Waals surface area contributed by atoms with Crippen molar-refractivity contribution in [3.05, 3.63) is 0 Å². The van der Waals surface area contributed by atoms with Crippen LogP contribution in [0.1, 0.15) is 39.5 Å². The number of nitrogens with zero attached hydrogens (tertiary/aromatic N) is 1. The third kappa shape index (κ3) is 10.3. The zero-order valence-electron chi connectivity index (χ0n) is 17.6. The summed E-state index contributed by atoms with van der Waals surface area (Å²) >= 11 is 0. The first-order valence-corrected chi connectivity index (χ1v) is 16.0. The van der Waals surface area contributed by atoms with Gasteiger partial charge in [-0.05, 0) is 51.9 Å². The van der Waals surface area contributed by atoms with Gasteiger partial charge >= 0.3 is 0 Å². The molecule has 0 N–H and O–H groups in total. The molecule has 1 radical (unpaired) electrons. The second kappa shape index (κ2) is 12.6. The van der Waals surface area contributed by atoms with Crippen molar-refractivity contribution in [3.8, 4) is 0 Å². The third-order valence-corrected chi connectivity index (χ3v) is 9.14. The number of unbranched alkanes of at least 4 members (excludes halogenated alkanes) is 1. The van der Waals surface area contributed by atoms with Crippen LogP contribution in [0.3, 0.4) is 0 Å². The quantitative estimate of drug-likeness (QED) is 0.392. The van der Waals surface area contributed by atoms with Gasteiger partial charge in [-0.15, -0.1) is 0 Å². The van der Waals surface area contributed by atoms with E-state index >= 15 is 0 Å². The van der Waals surface area contributed by atoms with Gasteiger partial charge in [0, 0.05) is 32.0 Å². The average molecular weight is 389 g/mol. The Morgan fingerprint density at radius 2 is 2.04 bits per heavy atom. The molecular weight excluding hydrogens is 346 g/mol. The van der Waals surface area contributed by atoms with Crippen molar-refractivity contribution >= 4 is 17.1 Å². The van der Waals surface area contributed by atoms with Gasteiger partial charge < -0.3 is 18.8 Å². The highest BCUT2D eigenvalue weighted by Gasteiger charge is 2.30. The summed E-state index contributed by atoms with van der Waals surface area (Å²) in [6.07, 6.45) is 4.98. The molecule has 1 heterocycles. The van der Waals surface area contributed by atoms with Crippen molar-refractivity contribution in [2.24, 2.45) is 0 Å². The summed E-state index contributed by atoms with van der Waals surface area (Å²) in [4.78, 5) is 2.59. The third-order valence-electron chi connectivity index (χ3n) is 4.87. The van der Waals surface area contributed by atoms with E-state index in [2.05, 4.69) is 44.9 Å². The van der Waals surface area contributed by atoms with E-state index < -0.39 is 17.1 Å². The van der Waals surface area contributed by atoms with Gasteiger partial charge in [0.1, 0.15) is 0 Å². The maximum absolute atomic E-state index is 6.54. The lowest BCUT2D eigenvalue weighted by molar-refractivity contribution is 0.0173. The summed E-state index contributed by atoms with van der Waals surface area (Å²) in [6, 6.07) is 1.25. The van der Waals surface area contributed by atoms with E-state index in [1.807, 2.05) is 0 Å². The van der Waals surface area contributed by atoms with Gasteiger partial charge in [-0.3, -0.25) is 0 Å². The summed E-state index contributed by atoms with van der Waals surface area (Å²) in [6.45, 7) is 19.5. The SMILES string of the molecule is CCCCOCC1CN(CCC(OCC)[Si](C)C)CCC[Si](C)(C)O1. The Balaban J connectivity index is 2.54. The fourth-order valence-electron chi connectivity index (χ4n) is 3.45. The molecule has 0 aliphatic carbocycles. The molecule has 4 nitrogen and oxygen atoms in total. The standard InChI is InChI=1S/C19H42NO3Si2/c1-7-9-14-21-17-18-16-20(12-10-15-25(5,6)23-18)13-11-19(22-8-2)24(3)4/h18-19H,7-17H2,1-6H3. The van der Waals surface area contributed by atoms with E-state index in [1.165, 1.54) is 25.4 Å². The molecule has 149 valence electrons. The monoisotopic (exact) mass is 388 g/mol. The minimum absolute atomic E-state index is 0.234. The largest absolute Gasteiger partial charge is 0.411 e. The average Bonchev–Trinajstić information content (AvgIpc) is 2.52. The Morgan fingerprint density at radius 1 is 1.28 bits per heavy atom. The van der Waals surface area contributed by atoms with Crippen LogP contribution in [-0.4, -0.2) is 73.3 Å². The fraction of sp³-hybridized carbons (Fsp3) is 1.00. The van der Waals surface area contributed by atoms with E-state index in [0.717, 1.165) is 45.8 Å². The molecule has 1 fully saturated rings. The molecule has 1 aliphatic rings. The molecule has 1 saturated heterocycles. The van der Waals surface area contributed by atoms with Gasteiger partial charge in [-0.1, -0.05) is 26.4 Å². The van der Waals surface area contributed by atoms with Crippen molar-refractivity contribution < 1.29 is 13.9 Å². The van der Waals surface area contributed by atoms with Gasteiger partial charge in [-0.2, -0.15) is 0 Å². The molecule has 0 bridgehead atoms. The molecule has 0 aromatic heterocycles. The first-order valence-electron chi connectivity index (χ1n) is 10.3. The van der Waals surface area contributed by atoms with Crippen LogP contribution in [0.5, 0.6) is 0 Å². The summed E-state index contributed by atoms with van der Waals surface area (Å²) < 4.78 is 18.4. The molecule has 0 aromatic rings. The van der Waals surface area contributed by atoms with Crippen LogP contribution in [0.25, 0.3) is 0 Å². The lowest BCUT2D eigenvalue weighted by Crippen LogP contribution is -2.47. The van der Waals surface area contributed by atoms with Crippen LogP contribution >= 0.6 is 0 Å². The van der Waals surface area contributed by atoms with E-state index in [4.69, 9.17) is 13.9 Å². The number of rotatable bonds is 11. The molecule has 1 aliphatic heterocycles. The van der Waals surface area contributed by atoms with Crippen LogP contribution in [0.15, 0.2) is 0 Å². The van der Waals surface area contributed by atoms with Crippen LogP contribution < -0.4 is 0 Å². The summed E-state index contributed by atoms with van der Waals surface area (Å²) in [5, 5.41) is 0. The molecule has 1 rings (SSSR count). The van der Waals surface area contributed by atoms with E-state index in [-0.39, 0.29) is 6.10 Å². The Hall–Kier alpha value is 0.274. The molecular formula is C19H42NO3Si2. The molecule has 2 atom stereocenters. The first kappa shape index (κ1) is 23.3. The summed E-state index contributed by atoms with van der Waals surface area (Å²) in [7, 11) is -1.94. The molecule has 0 saturated carbocycles. The number of ether oxygens (including phenoxy) is 2. The highest BCUT2D eigenvalue weighted by atomic mass is 28.4. The van der Waals surface area contributed by atoms with E-state index in [0.29, 0.717) is 5.73 Å². The normalized spacial score (nSPS) is 23.4. The molecule has 0 amide bonds. The second-order valence-electron chi connectivity index (χ2n) is 8.14. The summed E-state index contributed by atoms with van der Waals surface area (Å²) in [5.41, 5.74) is 0.464.